The van der Waals surface area contributed by atoms with Gasteiger partial charge >= 0.3 is 12.4 Å². The molecule has 0 aliphatic carbocycles. The van der Waals surface area contributed by atoms with Crippen LogP contribution in [0.2, 0.25) is 0 Å². The van der Waals surface area contributed by atoms with Gasteiger partial charge in [0, 0.05) is 6.04 Å². The Morgan fingerprint density at radius 3 is 2.22 bits per heavy atom. The van der Waals surface area contributed by atoms with Crippen LogP contribution in [0.3, 0.4) is 0 Å². The first kappa shape index (κ1) is 26.4. The highest BCUT2D eigenvalue weighted by Crippen LogP contribution is 2.49. The highest BCUT2D eigenvalue weighted by Gasteiger charge is 2.55. The molecule has 36 heavy (non-hydrogen) atoms. The number of nitrogens with one attached hydrogen (secondary N) is 1. The molecule has 4 atom stereocenters. The zero-order valence-corrected chi connectivity index (χ0v) is 19.4. The van der Waals surface area contributed by atoms with Gasteiger partial charge in [-0.1, -0.05) is 30.3 Å². The molecule has 5 rings (SSSR count). The van der Waals surface area contributed by atoms with Gasteiger partial charge in [-0.25, -0.2) is 4.68 Å². The van der Waals surface area contributed by atoms with Gasteiger partial charge in [0.25, 0.3) is 0 Å². The average molecular weight is 534 g/mol. The van der Waals surface area contributed by atoms with E-state index >= 15 is 0 Å². The first-order chi connectivity index (χ1) is 16.6. The van der Waals surface area contributed by atoms with Crippen molar-refractivity contribution in [3.05, 3.63) is 77.1 Å². The number of hydrogen-bond donors (Lipinski definition) is 1. The van der Waals surface area contributed by atoms with Crippen molar-refractivity contribution in [2.75, 3.05) is 0 Å². The Hall–Kier alpha value is -2.70. The van der Waals surface area contributed by atoms with E-state index in [0.717, 1.165) is 5.56 Å². The summed E-state index contributed by atoms with van der Waals surface area (Å²) in [5.41, 5.74) is -2.68. The third kappa shape index (κ3) is 4.94. The van der Waals surface area contributed by atoms with E-state index < -0.39 is 41.7 Å². The Morgan fingerprint density at radius 1 is 0.972 bits per heavy atom. The van der Waals surface area contributed by atoms with Crippen molar-refractivity contribution in [2.24, 2.45) is 0 Å². The summed E-state index contributed by atoms with van der Waals surface area (Å²) < 4.78 is 87.4. The van der Waals surface area contributed by atoms with Crippen molar-refractivity contribution in [1.82, 2.24) is 25.5 Å². The Balaban J connectivity index is 0.00000304. The molecule has 1 aromatic heterocycles. The number of piperidine rings is 1. The van der Waals surface area contributed by atoms with Crippen LogP contribution in [-0.4, -0.2) is 32.4 Å². The molecule has 2 aromatic carbocycles. The molecule has 0 amide bonds. The van der Waals surface area contributed by atoms with E-state index in [1.54, 1.807) is 4.68 Å². The van der Waals surface area contributed by atoms with Gasteiger partial charge in [0.1, 0.15) is 6.33 Å². The number of rotatable bonds is 5. The quantitative estimate of drug-likeness (QED) is 0.450. The number of fused-ring (bicyclic) bond motifs is 2. The Kier molecular flexibility index (Phi) is 7.06. The second kappa shape index (κ2) is 9.64. The first-order valence-electron chi connectivity index (χ1n) is 11.0. The molecule has 2 aliphatic rings. The summed E-state index contributed by atoms with van der Waals surface area (Å²) in [7, 11) is 0. The Labute approximate surface area is 208 Å². The second-order valence-corrected chi connectivity index (χ2v) is 8.94. The van der Waals surface area contributed by atoms with E-state index in [4.69, 9.17) is 4.74 Å². The molecule has 3 aromatic rings. The van der Waals surface area contributed by atoms with E-state index in [2.05, 4.69) is 20.8 Å². The van der Waals surface area contributed by atoms with Gasteiger partial charge in [0.2, 0.25) is 0 Å². The molecule has 0 unspecified atom stereocenters. The third-order valence-corrected chi connectivity index (χ3v) is 6.82. The molecule has 194 valence electrons. The van der Waals surface area contributed by atoms with Crippen molar-refractivity contribution in [3.63, 3.8) is 0 Å². The monoisotopic (exact) mass is 533 g/mol. The molecular weight excluding hydrogens is 512 g/mol. The molecule has 2 saturated heterocycles. The minimum atomic E-state index is -4.91. The molecule has 0 spiro atoms. The largest absolute Gasteiger partial charge is 0.416 e. The minimum absolute atomic E-state index is 0. The zero-order valence-electron chi connectivity index (χ0n) is 18.6. The fraction of sp³-hybridized carbons (Fsp3) is 0.435. The lowest BCUT2D eigenvalue weighted by Crippen LogP contribution is -2.54. The highest BCUT2D eigenvalue weighted by molar-refractivity contribution is 5.85. The molecule has 0 saturated carbocycles. The van der Waals surface area contributed by atoms with Crippen LogP contribution in [0.1, 0.15) is 47.6 Å². The van der Waals surface area contributed by atoms with E-state index in [-0.39, 0.29) is 36.1 Å². The maximum atomic E-state index is 13.3. The number of ether oxygens (including phenoxy) is 1. The number of hydrogen-bond acceptors (Lipinski definition) is 5. The molecule has 2 fully saturated rings. The summed E-state index contributed by atoms with van der Waals surface area (Å²) in [5, 5.41) is 15.1. The molecule has 3 heterocycles. The summed E-state index contributed by atoms with van der Waals surface area (Å²) >= 11 is 0. The predicted octanol–water partition coefficient (Wildman–Crippen LogP) is 5.31. The van der Waals surface area contributed by atoms with Crippen molar-refractivity contribution >= 4 is 12.4 Å². The average Bonchev–Trinajstić information content (AvgIpc) is 3.45. The molecule has 0 radical (unpaired) electrons. The zero-order chi connectivity index (χ0) is 24.8. The number of benzene rings is 2. The van der Waals surface area contributed by atoms with E-state index in [1.165, 1.54) is 6.33 Å². The van der Waals surface area contributed by atoms with Gasteiger partial charge in [-0.2, -0.15) is 26.3 Å². The standard InChI is InChI=1S/C23H21F6N5O.ClH/c24-22(25,26)16-8-14(9-17(10-16)23(27,28)29)12-35-20-7-6-18-19(34-13-30-32-33-34)11-21(20,31-18)15-4-2-1-3-5-15;/h1-5,8-10,13,18-20,31H,6-7,11-12H2;1H/t18-,19+,20+,21+;/m0./s1. The maximum absolute atomic E-state index is 13.3. The van der Waals surface area contributed by atoms with E-state index in [0.29, 0.717) is 31.4 Å². The van der Waals surface area contributed by atoms with Gasteiger partial charge in [-0.15, -0.1) is 17.5 Å². The fourth-order valence-corrected chi connectivity index (χ4v) is 5.27. The van der Waals surface area contributed by atoms with E-state index in [1.807, 2.05) is 30.3 Å². The molecular formula is C23H22ClF6N5O. The van der Waals surface area contributed by atoms with Gasteiger partial charge in [-0.3, -0.25) is 0 Å². The Bertz CT molecular complexity index is 1140. The number of tetrazole rings is 1. The number of aromatic nitrogens is 4. The van der Waals surface area contributed by atoms with Crippen LogP contribution in [0.25, 0.3) is 0 Å². The molecule has 6 nitrogen and oxygen atoms in total. The van der Waals surface area contributed by atoms with E-state index in [9.17, 15) is 26.3 Å². The maximum Gasteiger partial charge on any atom is 0.416 e. The summed E-state index contributed by atoms with van der Waals surface area (Å²) in [6, 6.07) is 11.0. The van der Waals surface area contributed by atoms with Gasteiger partial charge in [0.15, 0.2) is 0 Å². The van der Waals surface area contributed by atoms with Crippen LogP contribution >= 0.6 is 12.4 Å². The number of nitrogens with zero attached hydrogens (tertiary/aromatic N) is 4. The number of halogens is 7. The molecule has 2 aliphatic heterocycles. The van der Waals surface area contributed by atoms with Crippen LogP contribution < -0.4 is 5.32 Å². The van der Waals surface area contributed by atoms with Crippen LogP contribution in [0.5, 0.6) is 0 Å². The second-order valence-electron chi connectivity index (χ2n) is 8.94. The lowest BCUT2D eigenvalue weighted by molar-refractivity contribution is -0.143. The topological polar surface area (TPSA) is 64.9 Å². The summed E-state index contributed by atoms with van der Waals surface area (Å²) in [6.07, 6.45) is -6.99. The Morgan fingerprint density at radius 2 is 1.64 bits per heavy atom. The van der Waals surface area contributed by atoms with Crippen molar-refractivity contribution in [3.8, 4) is 0 Å². The van der Waals surface area contributed by atoms with Crippen LogP contribution in [-0.2, 0) is 29.2 Å². The SMILES string of the molecule is Cl.FC(F)(F)c1cc(CO[C@@H]2CC[C@@H]3N[C@@]2(c2ccccc2)C[C@H]3n2cnnn2)cc(C(F)(F)F)c1. The number of alkyl halides is 6. The fourth-order valence-electron chi connectivity index (χ4n) is 5.27. The van der Waals surface area contributed by atoms with Crippen molar-refractivity contribution in [2.45, 2.75) is 61.9 Å². The normalized spacial score (nSPS) is 26.0. The van der Waals surface area contributed by atoms with Crippen molar-refractivity contribution in [1.29, 1.82) is 0 Å². The minimum Gasteiger partial charge on any atom is -0.371 e. The van der Waals surface area contributed by atoms with Gasteiger partial charge < -0.3 is 10.1 Å². The summed E-state index contributed by atoms with van der Waals surface area (Å²) in [6.45, 7) is -0.395. The van der Waals surface area contributed by atoms with Crippen LogP contribution in [0.4, 0.5) is 26.3 Å². The van der Waals surface area contributed by atoms with Crippen LogP contribution in [0, 0.1) is 0 Å². The third-order valence-electron chi connectivity index (χ3n) is 6.82. The van der Waals surface area contributed by atoms with Gasteiger partial charge in [0.05, 0.1) is 35.4 Å². The lowest BCUT2D eigenvalue weighted by Gasteiger charge is -2.42. The smallest absolute Gasteiger partial charge is 0.371 e. The molecule has 1 N–H and O–H groups in total. The molecule has 2 bridgehead atoms. The highest BCUT2D eigenvalue weighted by atomic mass is 35.5. The molecule has 13 heteroatoms. The lowest BCUT2D eigenvalue weighted by atomic mass is 9.80. The first-order valence-corrected chi connectivity index (χ1v) is 11.0. The summed E-state index contributed by atoms with van der Waals surface area (Å²) in [5.74, 6) is 0. The van der Waals surface area contributed by atoms with Gasteiger partial charge in [-0.05, 0) is 59.0 Å². The predicted molar refractivity (Wildman–Crippen MR) is 118 cm³/mol. The summed E-state index contributed by atoms with van der Waals surface area (Å²) in [4.78, 5) is 0. The van der Waals surface area contributed by atoms with Crippen LogP contribution in [0.15, 0.2) is 54.9 Å². The van der Waals surface area contributed by atoms with Crippen molar-refractivity contribution < 1.29 is 31.1 Å².